The fourth-order valence-electron chi connectivity index (χ4n) is 2.67. The molecule has 10 nitrogen and oxygen atoms in total. The summed E-state index contributed by atoms with van der Waals surface area (Å²) in [7, 11) is 0. The van der Waals surface area contributed by atoms with E-state index < -0.39 is 41.6 Å². The molecule has 0 spiro atoms. The average molecular weight is 434 g/mol. The number of thiazole rings is 1. The maximum atomic E-state index is 12.6. The van der Waals surface area contributed by atoms with Gasteiger partial charge in [0.05, 0.1) is 17.7 Å². The summed E-state index contributed by atoms with van der Waals surface area (Å²) in [5.74, 6) is -3.16. The number of nitrogens with two attached hydrogens (primary N) is 1. The number of nitrogens with zero attached hydrogens (tertiary/aromatic N) is 2. The van der Waals surface area contributed by atoms with E-state index in [0.717, 1.165) is 16.2 Å². The molecule has 2 amide bonds. The Balaban J connectivity index is 0.00000280. The zero-order valence-electron chi connectivity index (χ0n) is 13.6. The summed E-state index contributed by atoms with van der Waals surface area (Å²) in [6.45, 7) is 0. The number of hydrogen-bond donors (Lipinski definition) is 4. The molecule has 0 aliphatic carbocycles. The SMILES string of the molecule is Nc1nc(/C(=C/CC(=O)O)C(=O)N[C@@H]2C(=O)N3C(C(=O)O)=CCS[C@H]23)cs1.[NaH]. The minimum atomic E-state index is -1.21. The van der Waals surface area contributed by atoms with Crippen LogP contribution in [-0.4, -0.2) is 90.6 Å². The van der Waals surface area contributed by atoms with Gasteiger partial charge in [-0.1, -0.05) is 6.08 Å². The van der Waals surface area contributed by atoms with Gasteiger partial charge in [-0.3, -0.25) is 19.3 Å². The van der Waals surface area contributed by atoms with Crippen LogP contribution in [0.5, 0.6) is 0 Å². The van der Waals surface area contributed by atoms with Crippen LogP contribution in [0.2, 0.25) is 0 Å². The molecule has 1 saturated heterocycles. The third-order valence-corrected chi connectivity index (χ3v) is 5.73. The molecule has 2 atom stereocenters. The van der Waals surface area contributed by atoms with Crippen LogP contribution in [0.3, 0.4) is 0 Å². The number of thioether (sulfide) groups is 1. The van der Waals surface area contributed by atoms with Gasteiger partial charge in [0.15, 0.2) is 5.13 Å². The molecule has 5 N–H and O–H groups in total. The molecule has 1 aromatic rings. The number of anilines is 1. The van der Waals surface area contributed by atoms with Crippen LogP contribution in [-0.2, 0) is 19.2 Å². The monoisotopic (exact) mass is 434 g/mol. The molecular weight excluding hydrogens is 419 g/mol. The van der Waals surface area contributed by atoms with Crippen molar-refractivity contribution >= 4 is 87.1 Å². The first kappa shape index (κ1) is 22.4. The maximum absolute atomic E-state index is 12.6. The van der Waals surface area contributed by atoms with Crippen molar-refractivity contribution in [1.82, 2.24) is 15.2 Å². The summed E-state index contributed by atoms with van der Waals surface area (Å²) < 4.78 is 0. The summed E-state index contributed by atoms with van der Waals surface area (Å²) in [4.78, 5) is 52.1. The molecule has 0 aromatic carbocycles. The normalized spacial score (nSPS) is 21.0. The Hall–Kier alpha value is -1.86. The van der Waals surface area contributed by atoms with Gasteiger partial charge in [0, 0.05) is 11.1 Å². The molecule has 3 heterocycles. The Kier molecular flexibility index (Phi) is 7.28. The third-order valence-electron chi connectivity index (χ3n) is 3.88. The number of carbonyl (C=O) groups is 4. The zero-order valence-corrected chi connectivity index (χ0v) is 15.2. The van der Waals surface area contributed by atoms with Crippen LogP contribution < -0.4 is 11.1 Å². The van der Waals surface area contributed by atoms with Gasteiger partial charge in [0.2, 0.25) is 0 Å². The van der Waals surface area contributed by atoms with Gasteiger partial charge in [-0.05, 0) is 6.08 Å². The molecule has 1 aromatic heterocycles. The third kappa shape index (κ3) is 4.41. The molecule has 1 fully saturated rings. The van der Waals surface area contributed by atoms with Crippen molar-refractivity contribution in [3.63, 3.8) is 0 Å². The minimum absolute atomic E-state index is 0. The van der Waals surface area contributed by atoms with E-state index in [9.17, 15) is 19.2 Å². The second-order valence-electron chi connectivity index (χ2n) is 5.56. The molecule has 0 unspecified atom stereocenters. The number of nitrogen functional groups attached to an aromatic ring is 1. The molecule has 28 heavy (non-hydrogen) atoms. The number of amides is 2. The van der Waals surface area contributed by atoms with E-state index in [0.29, 0.717) is 5.75 Å². The van der Waals surface area contributed by atoms with E-state index in [2.05, 4.69) is 10.3 Å². The number of β-lactam (4-membered cyclic amide) rings is 1. The summed E-state index contributed by atoms with van der Waals surface area (Å²) in [6.07, 6.45) is 2.23. The second kappa shape index (κ2) is 9.09. The number of carboxylic acid groups (broad SMARTS) is 2. The van der Waals surface area contributed by atoms with Gasteiger partial charge in [-0.2, -0.15) is 0 Å². The number of aromatic nitrogens is 1. The number of fused-ring (bicyclic) bond motifs is 1. The van der Waals surface area contributed by atoms with E-state index in [1.54, 1.807) is 0 Å². The molecule has 2 aliphatic heterocycles. The van der Waals surface area contributed by atoms with Crippen molar-refractivity contribution in [2.24, 2.45) is 0 Å². The van der Waals surface area contributed by atoms with Crippen LogP contribution in [0.25, 0.3) is 5.57 Å². The quantitative estimate of drug-likeness (QED) is 0.258. The number of rotatable bonds is 6. The Bertz CT molecular complexity index is 899. The molecule has 0 saturated carbocycles. The summed E-state index contributed by atoms with van der Waals surface area (Å²) in [5.41, 5.74) is 5.66. The van der Waals surface area contributed by atoms with Crippen LogP contribution in [0.15, 0.2) is 23.2 Å². The molecule has 144 valence electrons. The number of nitrogens with one attached hydrogen (secondary N) is 1. The number of hydrogen-bond acceptors (Lipinski definition) is 8. The molecule has 0 bridgehead atoms. The van der Waals surface area contributed by atoms with Crippen molar-refractivity contribution in [3.8, 4) is 0 Å². The standard InChI is InChI=1S/C15H14N4O6S2.Na.H/c16-15-17-7(5-27-15)6(1-2-9(20)21)11(22)18-10-12(23)19-8(14(24)25)3-4-26-13(10)19;;/h1,3,5,10,13H,2,4H2,(H2,16,17)(H,18,22)(H,20,21)(H,24,25);;/b6-1-;;/t10-,13-;;/m1../s1. The first-order valence-electron chi connectivity index (χ1n) is 7.62. The second-order valence-corrected chi connectivity index (χ2v) is 7.60. The van der Waals surface area contributed by atoms with Crippen LogP contribution in [0.1, 0.15) is 12.1 Å². The van der Waals surface area contributed by atoms with Gasteiger partial charge in [-0.25, -0.2) is 9.78 Å². The van der Waals surface area contributed by atoms with Gasteiger partial charge < -0.3 is 21.3 Å². The van der Waals surface area contributed by atoms with Crippen molar-refractivity contribution in [2.75, 3.05) is 11.5 Å². The van der Waals surface area contributed by atoms with Crippen molar-refractivity contribution in [1.29, 1.82) is 0 Å². The summed E-state index contributed by atoms with van der Waals surface area (Å²) in [6, 6.07) is -0.908. The molecular formula is C15H15N4NaO6S2. The zero-order chi connectivity index (χ0) is 19.7. The van der Waals surface area contributed by atoms with Crippen molar-refractivity contribution in [2.45, 2.75) is 17.8 Å². The van der Waals surface area contributed by atoms with E-state index in [4.69, 9.17) is 15.9 Å². The van der Waals surface area contributed by atoms with Gasteiger partial charge in [0.25, 0.3) is 11.8 Å². The molecule has 3 rings (SSSR count). The van der Waals surface area contributed by atoms with E-state index in [-0.39, 0.29) is 51.7 Å². The van der Waals surface area contributed by atoms with Gasteiger partial charge >= 0.3 is 41.5 Å². The molecule has 2 aliphatic rings. The molecule has 0 radical (unpaired) electrons. The average Bonchev–Trinajstić information content (AvgIpc) is 3.04. The summed E-state index contributed by atoms with van der Waals surface area (Å²) >= 11 is 2.41. The fraction of sp³-hybridized carbons (Fsp3) is 0.267. The van der Waals surface area contributed by atoms with E-state index in [1.807, 2.05) is 0 Å². The Morgan fingerprint density at radius 3 is 2.68 bits per heavy atom. The Morgan fingerprint density at radius 1 is 1.39 bits per heavy atom. The Morgan fingerprint density at radius 2 is 2.11 bits per heavy atom. The predicted octanol–water partition coefficient (Wildman–Crippen LogP) is -0.697. The number of carboxylic acids is 2. The Labute approximate surface area is 189 Å². The molecule has 13 heteroatoms. The van der Waals surface area contributed by atoms with Crippen LogP contribution in [0, 0.1) is 0 Å². The van der Waals surface area contributed by atoms with Gasteiger partial charge in [-0.15, -0.1) is 23.1 Å². The van der Waals surface area contributed by atoms with Gasteiger partial charge in [0.1, 0.15) is 17.1 Å². The first-order chi connectivity index (χ1) is 12.8. The number of carbonyl (C=O) groups excluding carboxylic acids is 2. The topological polar surface area (TPSA) is 163 Å². The fourth-order valence-corrected chi connectivity index (χ4v) is 4.43. The van der Waals surface area contributed by atoms with E-state index in [1.165, 1.54) is 29.3 Å². The van der Waals surface area contributed by atoms with E-state index >= 15 is 0 Å². The van der Waals surface area contributed by atoms with Crippen LogP contribution in [0.4, 0.5) is 5.13 Å². The number of aliphatic carboxylic acids is 2. The van der Waals surface area contributed by atoms with Crippen molar-refractivity contribution in [3.05, 3.63) is 28.9 Å². The van der Waals surface area contributed by atoms with Crippen LogP contribution >= 0.6 is 23.1 Å². The predicted molar refractivity (Wildman–Crippen MR) is 105 cm³/mol. The van der Waals surface area contributed by atoms with Crippen molar-refractivity contribution < 1.29 is 29.4 Å². The first-order valence-corrected chi connectivity index (χ1v) is 9.54. The summed E-state index contributed by atoms with van der Waals surface area (Å²) in [5, 5.41) is 21.8.